The number of nitrogens with zero attached hydrogens (tertiary/aromatic N) is 2. The highest BCUT2D eigenvalue weighted by atomic mass is 35.5. The summed E-state index contributed by atoms with van der Waals surface area (Å²) in [7, 11) is 1.63. The Hall–Kier alpha value is -1.72. The van der Waals surface area contributed by atoms with Crippen molar-refractivity contribution < 1.29 is 4.79 Å². The second-order valence-electron chi connectivity index (χ2n) is 4.08. The Labute approximate surface area is 120 Å². The first-order valence-corrected chi connectivity index (χ1v) is 6.21. The molecule has 19 heavy (non-hydrogen) atoms. The van der Waals surface area contributed by atoms with Gasteiger partial charge in [0.25, 0.3) is 5.91 Å². The summed E-state index contributed by atoms with van der Waals surface area (Å²) in [5.74, 6) is -0.410. The molecule has 0 aliphatic rings. The maximum Gasteiger partial charge on any atom is 0.276 e. The van der Waals surface area contributed by atoms with Gasteiger partial charge in [-0.05, 0) is 18.6 Å². The van der Waals surface area contributed by atoms with E-state index in [2.05, 4.69) is 10.4 Å². The van der Waals surface area contributed by atoms with Crippen LogP contribution in [0.3, 0.4) is 0 Å². The van der Waals surface area contributed by atoms with Crippen molar-refractivity contribution in [1.82, 2.24) is 9.78 Å². The topological polar surface area (TPSA) is 72.9 Å². The van der Waals surface area contributed by atoms with E-state index in [0.717, 1.165) is 5.56 Å². The standard InChI is InChI=1S/C12H12Cl2N4O/c1-6-3-4-7(13)10(9(6)14)17-12(19)11-8(15)5-16-18(11)2/h3-5H,15H2,1-2H3,(H,17,19). The fourth-order valence-corrected chi connectivity index (χ4v) is 2.14. The van der Waals surface area contributed by atoms with E-state index in [4.69, 9.17) is 28.9 Å². The number of nitrogens with two attached hydrogens (primary N) is 1. The largest absolute Gasteiger partial charge is 0.396 e. The number of benzene rings is 1. The zero-order valence-corrected chi connectivity index (χ0v) is 11.9. The lowest BCUT2D eigenvalue weighted by atomic mass is 10.2. The summed E-state index contributed by atoms with van der Waals surface area (Å²) in [6.07, 6.45) is 1.41. The lowest BCUT2D eigenvalue weighted by molar-refractivity contribution is 0.101. The number of carbonyl (C=O) groups excluding carboxylic acids is 1. The van der Waals surface area contributed by atoms with Crippen molar-refractivity contribution in [2.24, 2.45) is 7.05 Å². The second kappa shape index (κ2) is 5.11. The maximum atomic E-state index is 12.2. The molecule has 1 heterocycles. The summed E-state index contributed by atoms with van der Waals surface area (Å²) in [4.78, 5) is 12.2. The van der Waals surface area contributed by atoms with Gasteiger partial charge in [-0.15, -0.1) is 0 Å². The summed E-state index contributed by atoms with van der Waals surface area (Å²) in [6, 6.07) is 3.45. The van der Waals surface area contributed by atoms with Crippen LogP contribution in [0.15, 0.2) is 18.3 Å². The fourth-order valence-electron chi connectivity index (χ4n) is 1.68. The maximum absolute atomic E-state index is 12.2. The molecule has 0 unspecified atom stereocenters. The van der Waals surface area contributed by atoms with Gasteiger partial charge in [0, 0.05) is 7.05 Å². The Balaban J connectivity index is 2.38. The van der Waals surface area contributed by atoms with E-state index in [1.54, 1.807) is 19.2 Å². The smallest absolute Gasteiger partial charge is 0.276 e. The number of nitrogens with one attached hydrogen (secondary N) is 1. The molecule has 5 nitrogen and oxygen atoms in total. The second-order valence-corrected chi connectivity index (χ2v) is 4.86. The summed E-state index contributed by atoms with van der Waals surface area (Å²) < 4.78 is 1.39. The first-order valence-electron chi connectivity index (χ1n) is 5.45. The molecule has 0 saturated heterocycles. The Morgan fingerprint density at radius 1 is 1.42 bits per heavy atom. The van der Waals surface area contributed by atoms with Gasteiger partial charge in [0.2, 0.25) is 0 Å². The minimum absolute atomic E-state index is 0.258. The third-order valence-corrected chi connectivity index (χ3v) is 3.51. The van der Waals surface area contributed by atoms with Crippen molar-refractivity contribution in [3.63, 3.8) is 0 Å². The summed E-state index contributed by atoms with van der Waals surface area (Å²) in [6.45, 7) is 1.83. The van der Waals surface area contributed by atoms with Crippen LogP contribution >= 0.6 is 23.2 Å². The summed E-state index contributed by atoms with van der Waals surface area (Å²) in [5.41, 5.74) is 7.43. The SMILES string of the molecule is Cc1ccc(Cl)c(NC(=O)c2c(N)cnn2C)c1Cl. The van der Waals surface area contributed by atoms with E-state index in [-0.39, 0.29) is 5.69 Å². The molecule has 2 aromatic rings. The number of halogens is 2. The Kier molecular flexibility index (Phi) is 3.68. The molecule has 3 N–H and O–H groups in total. The van der Waals surface area contributed by atoms with E-state index in [0.29, 0.717) is 21.4 Å². The molecule has 0 aliphatic heterocycles. The Morgan fingerprint density at radius 3 is 2.68 bits per heavy atom. The quantitative estimate of drug-likeness (QED) is 0.895. The molecular weight excluding hydrogens is 287 g/mol. The third kappa shape index (κ3) is 2.52. The van der Waals surface area contributed by atoms with Crippen molar-refractivity contribution in [2.75, 3.05) is 11.1 Å². The van der Waals surface area contributed by atoms with Crippen LogP contribution in [0.5, 0.6) is 0 Å². The highest BCUT2D eigenvalue weighted by Crippen LogP contribution is 2.33. The lowest BCUT2D eigenvalue weighted by Gasteiger charge is -2.11. The van der Waals surface area contributed by atoms with E-state index in [1.165, 1.54) is 10.9 Å². The molecule has 100 valence electrons. The number of nitrogen functional groups attached to an aromatic ring is 1. The monoisotopic (exact) mass is 298 g/mol. The van der Waals surface area contributed by atoms with Gasteiger partial charge in [-0.1, -0.05) is 29.3 Å². The molecule has 2 rings (SSSR count). The van der Waals surface area contributed by atoms with Crippen molar-refractivity contribution in [3.8, 4) is 0 Å². The zero-order valence-electron chi connectivity index (χ0n) is 10.4. The van der Waals surface area contributed by atoms with Crippen LogP contribution in [0.1, 0.15) is 16.1 Å². The van der Waals surface area contributed by atoms with Gasteiger partial charge in [0.05, 0.1) is 27.6 Å². The van der Waals surface area contributed by atoms with Gasteiger partial charge in [-0.25, -0.2) is 0 Å². The summed E-state index contributed by atoms with van der Waals surface area (Å²) in [5, 5.41) is 7.34. The highest BCUT2D eigenvalue weighted by molar-refractivity contribution is 6.40. The van der Waals surface area contributed by atoms with E-state index in [1.807, 2.05) is 6.92 Å². The molecule has 0 saturated carbocycles. The van der Waals surface area contributed by atoms with Crippen LogP contribution in [0.4, 0.5) is 11.4 Å². The molecule has 1 aromatic heterocycles. The summed E-state index contributed by atoms with van der Waals surface area (Å²) >= 11 is 12.2. The van der Waals surface area contributed by atoms with Crippen molar-refractivity contribution in [3.05, 3.63) is 39.6 Å². The number of hydrogen-bond donors (Lipinski definition) is 2. The third-order valence-electron chi connectivity index (χ3n) is 2.70. The number of hydrogen-bond acceptors (Lipinski definition) is 3. The minimum atomic E-state index is -0.410. The number of aryl methyl sites for hydroxylation is 2. The molecule has 1 aromatic carbocycles. The van der Waals surface area contributed by atoms with Crippen molar-refractivity contribution in [2.45, 2.75) is 6.92 Å². The van der Waals surface area contributed by atoms with E-state index >= 15 is 0 Å². The average molecular weight is 299 g/mol. The van der Waals surface area contributed by atoms with Crippen LogP contribution < -0.4 is 11.1 Å². The van der Waals surface area contributed by atoms with Crippen LogP contribution in [-0.4, -0.2) is 15.7 Å². The Bertz CT molecular complexity index is 632. The van der Waals surface area contributed by atoms with Crippen molar-refractivity contribution >= 4 is 40.5 Å². The lowest BCUT2D eigenvalue weighted by Crippen LogP contribution is -2.18. The van der Waals surface area contributed by atoms with Crippen LogP contribution in [-0.2, 0) is 7.05 Å². The van der Waals surface area contributed by atoms with Gasteiger partial charge in [0.1, 0.15) is 5.69 Å². The van der Waals surface area contributed by atoms with Gasteiger partial charge in [-0.3, -0.25) is 9.48 Å². The normalized spacial score (nSPS) is 10.5. The minimum Gasteiger partial charge on any atom is -0.396 e. The molecule has 7 heteroatoms. The predicted molar refractivity (Wildman–Crippen MR) is 76.8 cm³/mol. The first-order chi connectivity index (χ1) is 8.91. The van der Waals surface area contributed by atoms with E-state index < -0.39 is 5.91 Å². The number of carbonyl (C=O) groups is 1. The van der Waals surface area contributed by atoms with Gasteiger partial charge >= 0.3 is 0 Å². The molecule has 1 amide bonds. The average Bonchev–Trinajstić information content (AvgIpc) is 2.69. The van der Waals surface area contributed by atoms with Crippen LogP contribution in [0.2, 0.25) is 10.0 Å². The Morgan fingerprint density at radius 2 is 2.11 bits per heavy atom. The molecule has 0 bridgehead atoms. The first kappa shape index (κ1) is 13.7. The van der Waals surface area contributed by atoms with Gasteiger partial charge in [0.15, 0.2) is 0 Å². The molecule has 0 spiro atoms. The number of anilines is 2. The zero-order chi connectivity index (χ0) is 14.2. The number of amides is 1. The molecule has 0 atom stereocenters. The number of aromatic nitrogens is 2. The number of rotatable bonds is 2. The van der Waals surface area contributed by atoms with Crippen LogP contribution in [0.25, 0.3) is 0 Å². The van der Waals surface area contributed by atoms with Crippen LogP contribution in [0, 0.1) is 6.92 Å². The highest BCUT2D eigenvalue weighted by Gasteiger charge is 2.18. The molecular formula is C12H12Cl2N4O. The molecule has 0 aliphatic carbocycles. The fraction of sp³-hybridized carbons (Fsp3) is 0.167. The predicted octanol–water partition coefficient (Wildman–Crippen LogP) is 2.87. The molecule has 0 radical (unpaired) electrons. The van der Waals surface area contributed by atoms with E-state index in [9.17, 15) is 4.79 Å². The van der Waals surface area contributed by atoms with Crippen molar-refractivity contribution in [1.29, 1.82) is 0 Å². The van der Waals surface area contributed by atoms with Gasteiger partial charge in [-0.2, -0.15) is 5.10 Å². The molecule has 0 fully saturated rings. The van der Waals surface area contributed by atoms with Gasteiger partial charge < -0.3 is 11.1 Å².